The molecule has 1 nitrogen and oxygen atoms in total. The highest BCUT2D eigenvalue weighted by Gasteiger charge is 2.35. The molecule has 0 amide bonds. The molecule has 2 saturated carbocycles. The smallest absolute Gasteiger partial charge is 0.123 e. The highest BCUT2D eigenvalue weighted by molar-refractivity contribution is 6.31. The Hall–Kier alpha value is -0.600. The van der Waals surface area contributed by atoms with E-state index in [-0.39, 0.29) is 11.7 Å². The zero-order valence-electron chi connectivity index (χ0n) is 11.7. The van der Waals surface area contributed by atoms with Gasteiger partial charge in [0.25, 0.3) is 0 Å². The summed E-state index contributed by atoms with van der Waals surface area (Å²) in [6.07, 6.45) is 8.03. The van der Waals surface area contributed by atoms with Crippen LogP contribution in [0.2, 0.25) is 5.02 Å². The molecule has 1 aromatic rings. The Balaban J connectivity index is 1.74. The lowest BCUT2D eigenvalue weighted by Gasteiger charge is -2.41. The fraction of sp³-hybridized carbons (Fsp3) is 0.647. The summed E-state index contributed by atoms with van der Waals surface area (Å²) in [6, 6.07) is 4.28. The lowest BCUT2D eigenvalue weighted by Crippen LogP contribution is -2.30. The number of benzene rings is 1. The van der Waals surface area contributed by atoms with Crippen LogP contribution in [0.15, 0.2) is 18.2 Å². The van der Waals surface area contributed by atoms with Crippen LogP contribution in [-0.2, 0) is 0 Å². The minimum Gasteiger partial charge on any atom is -0.388 e. The van der Waals surface area contributed by atoms with Crippen molar-refractivity contribution in [3.63, 3.8) is 0 Å². The predicted octanol–water partition coefficient (Wildman–Crippen LogP) is 5.12. The molecule has 2 aliphatic carbocycles. The lowest BCUT2D eigenvalue weighted by atomic mass is 9.66. The van der Waals surface area contributed by atoms with E-state index in [0.717, 1.165) is 24.7 Å². The van der Waals surface area contributed by atoms with Crippen LogP contribution in [0.5, 0.6) is 0 Å². The molecule has 3 rings (SSSR count). The van der Waals surface area contributed by atoms with Gasteiger partial charge in [0.15, 0.2) is 0 Å². The minimum atomic E-state index is -0.624. The Morgan fingerprint density at radius 1 is 1.10 bits per heavy atom. The van der Waals surface area contributed by atoms with E-state index in [1.807, 2.05) is 0 Å². The van der Waals surface area contributed by atoms with E-state index in [2.05, 4.69) is 0 Å². The Morgan fingerprint density at radius 3 is 2.65 bits per heavy atom. The van der Waals surface area contributed by atoms with Gasteiger partial charge in [-0.3, -0.25) is 0 Å². The third kappa shape index (κ3) is 2.87. The van der Waals surface area contributed by atoms with Gasteiger partial charge in [-0.1, -0.05) is 37.3 Å². The van der Waals surface area contributed by atoms with Gasteiger partial charge >= 0.3 is 0 Å². The van der Waals surface area contributed by atoms with Crippen LogP contribution in [0.4, 0.5) is 4.39 Å². The van der Waals surface area contributed by atoms with E-state index in [1.165, 1.54) is 44.2 Å². The molecule has 3 heteroatoms. The van der Waals surface area contributed by atoms with Gasteiger partial charge in [0, 0.05) is 10.6 Å². The van der Waals surface area contributed by atoms with Gasteiger partial charge in [-0.2, -0.15) is 0 Å². The van der Waals surface area contributed by atoms with Gasteiger partial charge in [0.2, 0.25) is 0 Å². The van der Waals surface area contributed by atoms with Crippen LogP contribution in [-0.4, -0.2) is 5.11 Å². The molecule has 110 valence electrons. The van der Waals surface area contributed by atoms with Gasteiger partial charge in [-0.15, -0.1) is 0 Å². The average Bonchev–Trinajstić information content (AvgIpc) is 2.48. The quantitative estimate of drug-likeness (QED) is 0.803. The summed E-state index contributed by atoms with van der Waals surface area (Å²) >= 11 is 6.12. The highest BCUT2D eigenvalue weighted by atomic mass is 35.5. The topological polar surface area (TPSA) is 20.2 Å². The van der Waals surface area contributed by atoms with Crippen molar-refractivity contribution in [1.82, 2.24) is 0 Å². The first kappa shape index (κ1) is 14.3. The van der Waals surface area contributed by atoms with Crippen LogP contribution >= 0.6 is 11.6 Å². The average molecular weight is 297 g/mol. The lowest BCUT2D eigenvalue weighted by molar-refractivity contribution is 0.0348. The maximum Gasteiger partial charge on any atom is 0.123 e. The molecule has 20 heavy (non-hydrogen) atoms. The van der Waals surface area contributed by atoms with Gasteiger partial charge in [-0.05, 0) is 55.2 Å². The fourth-order valence-corrected chi connectivity index (χ4v) is 4.42. The number of aliphatic hydroxyl groups is 1. The van der Waals surface area contributed by atoms with E-state index in [1.54, 1.807) is 6.07 Å². The minimum absolute atomic E-state index is 0.230. The third-order valence-corrected chi connectivity index (χ3v) is 5.65. The maximum absolute atomic E-state index is 13.4. The summed E-state index contributed by atoms with van der Waals surface area (Å²) in [5, 5.41) is 11.1. The number of halogens is 2. The van der Waals surface area contributed by atoms with Crippen LogP contribution < -0.4 is 0 Å². The van der Waals surface area contributed by atoms with Crippen molar-refractivity contribution in [2.75, 3.05) is 0 Å². The fourth-order valence-electron chi connectivity index (χ4n) is 4.19. The summed E-state index contributed by atoms with van der Waals surface area (Å²) in [5.41, 5.74) is 0.561. The molecule has 4 atom stereocenters. The molecule has 0 radical (unpaired) electrons. The molecular formula is C17H22ClFO. The Morgan fingerprint density at radius 2 is 1.85 bits per heavy atom. The van der Waals surface area contributed by atoms with E-state index >= 15 is 0 Å². The van der Waals surface area contributed by atoms with Crippen molar-refractivity contribution < 1.29 is 9.50 Å². The first-order chi connectivity index (χ1) is 9.65. The van der Waals surface area contributed by atoms with Crippen molar-refractivity contribution in [2.45, 2.75) is 51.0 Å². The van der Waals surface area contributed by atoms with Gasteiger partial charge in [-0.25, -0.2) is 4.39 Å². The van der Waals surface area contributed by atoms with Crippen molar-refractivity contribution in [1.29, 1.82) is 0 Å². The van der Waals surface area contributed by atoms with E-state index in [4.69, 9.17) is 11.6 Å². The monoisotopic (exact) mass is 296 g/mol. The Bertz CT molecular complexity index is 476. The SMILES string of the molecule is OC(c1cc(F)ccc1Cl)C1CCC2CCCCC2C1. The summed E-state index contributed by atoms with van der Waals surface area (Å²) < 4.78 is 13.4. The second-order valence-corrected chi connectivity index (χ2v) is 6.90. The van der Waals surface area contributed by atoms with E-state index in [0.29, 0.717) is 10.6 Å². The summed E-state index contributed by atoms with van der Waals surface area (Å²) in [6.45, 7) is 0. The van der Waals surface area contributed by atoms with Crippen molar-refractivity contribution in [3.8, 4) is 0 Å². The van der Waals surface area contributed by atoms with E-state index in [9.17, 15) is 9.50 Å². The van der Waals surface area contributed by atoms with Crippen LogP contribution in [0.25, 0.3) is 0 Å². The molecule has 0 saturated heterocycles. The molecule has 4 unspecified atom stereocenters. The standard InChI is InChI=1S/C17H22ClFO/c18-16-8-7-14(19)10-15(16)17(20)13-6-5-11-3-1-2-4-12(11)9-13/h7-8,10-13,17,20H,1-6,9H2. The number of fused-ring (bicyclic) bond motifs is 1. The molecule has 0 spiro atoms. The van der Waals surface area contributed by atoms with Crippen LogP contribution in [0.1, 0.15) is 56.6 Å². The Labute approximate surface area is 125 Å². The number of hydrogen-bond acceptors (Lipinski definition) is 1. The molecule has 2 fully saturated rings. The first-order valence-corrected chi connectivity index (χ1v) is 8.16. The molecule has 1 aromatic carbocycles. The molecule has 0 heterocycles. The molecule has 2 aliphatic rings. The molecular weight excluding hydrogens is 275 g/mol. The van der Waals surface area contributed by atoms with Gasteiger partial charge in [0.1, 0.15) is 5.82 Å². The normalized spacial score (nSPS) is 31.6. The second-order valence-electron chi connectivity index (χ2n) is 6.49. The summed E-state index contributed by atoms with van der Waals surface area (Å²) in [5.74, 6) is 1.52. The van der Waals surface area contributed by atoms with Gasteiger partial charge < -0.3 is 5.11 Å². The first-order valence-electron chi connectivity index (χ1n) is 7.78. The summed E-state index contributed by atoms with van der Waals surface area (Å²) in [4.78, 5) is 0. The van der Waals surface area contributed by atoms with E-state index < -0.39 is 6.10 Å². The third-order valence-electron chi connectivity index (χ3n) is 5.30. The molecule has 0 bridgehead atoms. The number of rotatable bonds is 2. The largest absolute Gasteiger partial charge is 0.388 e. The van der Waals surface area contributed by atoms with Crippen LogP contribution in [0.3, 0.4) is 0 Å². The number of aliphatic hydroxyl groups excluding tert-OH is 1. The summed E-state index contributed by atoms with van der Waals surface area (Å²) in [7, 11) is 0. The van der Waals surface area contributed by atoms with Crippen LogP contribution in [0, 0.1) is 23.6 Å². The van der Waals surface area contributed by atoms with Crippen molar-refractivity contribution in [3.05, 3.63) is 34.6 Å². The maximum atomic E-state index is 13.4. The predicted molar refractivity (Wildman–Crippen MR) is 79.2 cm³/mol. The molecule has 1 N–H and O–H groups in total. The number of hydrogen-bond donors (Lipinski definition) is 1. The van der Waals surface area contributed by atoms with Crippen molar-refractivity contribution >= 4 is 11.6 Å². The van der Waals surface area contributed by atoms with Gasteiger partial charge in [0.05, 0.1) is 6.10 Å². The zero-order valence-corrected chi connectivity index (χ0v) is 12.5. The Kier molecular flexibility index (Phi) is 4.32. The molecule has 0 aromatic heterocycles. The zero-order chi connectivity index (χ0) is 14.1. The van der Waals surface area contributed by atoms with Crippen molar-refractivity contribution in [2.24, 2.45) is 17.8 Å². The second kappa shape index (κ2) is 6.03. The molecule has 0 aliphatic heterocycles. The highest BCUT2D eigenvalue weighted by Crippen LogP contribution is 2.46.